The van der Waals surface area contributed by atoms with Crippen LogP contribution < -0.4 is 20.1 Å². The van der Waals surface area contributed by atoms with E-state index in [0.717, 1.165) is 0 Å². The van der Waals surface area contributed by atoms with E-state index in [1.54, 1.807) is 52.5 Å². The van der Waals surface area contributed by atoms with Crippen LogP contribution in [0.25, 0.3) is 5.69 Å². The Kier molecular flexibility index (Phi) is 8.87. The van der Waals surface area contributed by atoms with Gasteiger partial charge in [0.1, 0.15) is 11.5 Å². The Balaban J connectivity index is 1.55. The molecule has 0 unspecified atom stereocenters. The number of methoxy groups -OCH3 is 2. The third-order valence-electron chi connectivity index (χ3n) is 4.89. The van der Waals surface area contributed by atoms with E-state index in [0.29, 0.717) is 48.9 Å². The van der Waals surface area contributed by atoms with Crippen molar-refractivity contribution in [2.45, 2.75) is 11.7 Å². The summed E-state index contributed by atoms with van der Waals surface area (Å²) in [5.74, 6) is 0.846. The van der Waals surface area contributed by atoms with E-state index in [-0.39, 0.29) is 24.1 Å². The van der Waals surface area contributed by atoms with Crippen molar-refractivity contribution in [3.05, 3.63) is 69.4 Å². The fraction of sp³-hybridized carbons (Fsp3) is 0.174. The first kappa shape index (κ1) is 26.7. The molecule has 14 heteroatoms. The summed E-state index contributed by atoms with van der Waals surface area (Å²) in [4.78, 5) is 29.3. The summed E-state index contributed by atoms with van der Waals surface area (Å²) in [6.45, 7) is 0.0392. The van der Waals surface area contributed by atoms with Gasteiger partial charge in [0, 0.05) is 23.2 Å². The molecule has 10 nitrogen and oxygen atoms in total. The van der Waals surface area contributed by atoms with E-state index >= 15 is 0 Å². The maximum atomic E-state index is 12.9. The summed E-state index contributed by atoms with van der Waals surface area (Å²) in [7, 11) is 3.01. The van der Waals surface area contributed by atoms with Crippen LogP contribution in [0.1, 0.15) is 16.2 Å². The molecule has 0 aliphatic carbocycles. The highest BCUT2D eigenvalue weighted by Crippen LogP contribution is 2.28. The van der Waals surface area contributed by atoms with Crippen molar-refractivity contribution in [2.24, 2.45) is 0 Å². The quantitative estimate of drug-likeness (QED) is 0.259. The van der Waals surface area contributed by atoms with E-state index < -0.39 is 0 Å². The molecule has 0 aliphatic rings. The molecule has 2 aromatic heterocycles. The highest BCUT2D eigenvalue weighted by Gasteiger charge is 2.19. The van der Waals surface area contributed by atoms with Crippen molar-refractivity contribution in [3.63, 3.8) is 0 Å². The fourth-order valence-corrected chi connectivity index (χ4v) is 4.77. The molecular formula is C23H20Cl2N6O4S2. The molecule has 4 aromatic rings. The fourth-order valence-electron chi connectivity index (χ4n) is 3.16. The number of thiazole rings is 1. The molecule has 0 atom stereocenters. The molecule has 0 saturated carbocycles. The normalized spacial score (nSPS) is 10.7. The molecule has 2 heterocycles. The van der Waals surface area contributed by atoms with Gasteiger partial charge in [-0.3, -0.25) is 14.2 Å². The Labute approximate surface area is 230 Å². The Morgan fingerprint density at radius 1 is 1.05 bits per heavy atom. The first-order valence-electron chi connectivity index (χ1n) is 10.6. The minimum Gasteiger partial charge on any atom is -0.497 e. The van der Waals surface area contributed by atoms with Crippen LogP contribution in [0.3, 0.4) is 0 Å². The summed E-state index contributed by atoms with van der Waals surface area (Å²) >= 11 is 14.8. The van der Waals surface area contributed by atoms with Gasteiger partial charge in [-0.25, -0.2) is 4.98 Å². The zero-order chi connectivity index (χ0) is 26.4. The Morgan fingerprint density at radius 2 is 1.81 bits per heavy atom. The number of carbonyl (C=O) groups excluding carboxylic acids is 2. The van der Waals surface area contributed by atoms with Crippen molar-refractivity contribution >= 4 is 63.2 Å². The van der Waals surface area contributed by atoms with Gasteiger partial charge in [0.05, 0.1) is 42.2 Å². The maximum Gasteiger partial charge on any atom is 0.251 e. The lowest BCUT2D eigenvalue weighted by molar-refractivity contribution is -0.113. The SMILES string of the molecule is COc1cc(OC)cc(C(=O)NCc2nnc(SCC(=O)Nc3nccs3)n2-c2ccc(Cl)c(Cl)c2)c1. The van der Waals surface area contributed by atoms with Crippen molar-refractivity contribution in [2.75, 3.05) is 25.3 Å². The van der Waals surface area contributed by atoms with Crippen LogP contribution in [0.5, 0.6) is 11.5 Å². The van der Waals surface area contributed by atoms with Gasteiger partial charge in [-0.1, -0.05) is 35.0 Å². The molecule has 0 fully saturated rings. The first-order valence-corrected chi connectivity index (χ1v) is 13.2. The maximum absolute atomic E-state index is 12.9. The summed E-state index contributed by atoms with van der Waals surface area (Å²) in [5.41, 5.74) is 0.972. The second kappa shape index (κ2) is 12.3. The highest BCUT2D eigenvalue weighted by molar-refractivity contribution is 7.99. The van der Waals surface area contributed by atoms with Crippen LogP contribution in [0.2, 0.25) is 10.0 Å². The number of hydrogen-bond donors (Lipinski definition) is 2. The van der Waals surface area contributed by atoms with Crippen LogP contribution in [0.15, 0.2) is 53.1 Å². The molecule has 0 saturated heterocycles. The number of nitrogens with one attached hydrogen (secondary N) is 2. The first-order chi connectivity index (χ1) is 17.9. The molecule has 2 amide bonds. The van der Waals surface area contributed by atoms with Crippen molar-refractivity contribution in [1.82, 2.24) is 25.1 Å². The summed E-state index contributed by atoms with van der Waals surface area (Å²) in [6.07, 6.45) is 1.61. The van der Waals surface area contributed by atoms with Crippen LogP contribution >= 0.6 is 46.3 Å². The van der Waals surface area contributed by atoms with Gasteiger partial charge in [0.25, 0.3) is 5.91 Å². The predicted octanol–water partition coefficient (Wildman–Crippen LogP) is 4.71. The van der Waals surface area contributed by atoms with Gasteiger partial charge in [-0.2, -0.15) is 0 Å². The smallest absolute Gasteiger partial charge is 0.251 e. The van der Waals surface area contributed by atoms with Gasteiger partial charge >= 0.3 is 0 Å². The number of benzene rings is 2. The summed E-state index contributed by atoms with van der Waals surface area (Å²) < 4.78 is 12.2. The van der Waals surface area contributed by atoms with E-state index in [1.165, 1.54) is 37.3 Å². The van der Waals surface area contributed by atoms with E-state index in [1.807, 2.05) is 0 Å². The second-order valence-corrected chi connectivity index (χ2v) is 9.94. The Hall–Kier alpha value is -3.32. The lowest BCUT2D eigenvalue weighted by Gasteiger charge is -2.12. The molecule has 0 aliphatic heterocycles. The largest absolute Gasteiger partial charge is 0.497 e. The Bertz CT molecular complexity index is 1390. The zero-order valence-corrected chi connectivity index (χ0v) is 22.7. The van der Waals surface area contributed by atoms with Gasteiger partial charge in [0.2, 0.25) is 5.91 Å². The molecule has 2 N–H and O–H groups in total. The third-order valence-corrected chi connectivity index (χ3v) is 7.25. The minimum atomic E-state index is -0.363. The predicted molar refractivity (Wildman–Crippen MR) is 144 cm³/mol. The molecule has 0 spiro atoms. The molecule has 4 rings (SSSR count). The second-order valence-electron chi connectivity index (χ2n) is 7.29. The third kappa shape index (κ3) is 6.72. The number of thioether (sulfide) groups is 1. The van der Waals surface area contributed by atoms with Crippen molar-refractivity contribution in [1.29, 1.82) is 0 Å². The van der Waals surface area contributed by atoms with Crippen molar-refractivity contribution in [3.8, 4) is 17.2 Å². The molecule has 0 bridgehead atoms. The molecule has 37 heavy (non-hydrogen) atoms. The number of amides is 2. The topological polar surface area (TPSA) is 120 Å². The number of hydrogen-bond acceptors (Lipinski definition) is 9. The lowest BCUT2D eigenvalue weighted by Crippen LogP contribution is -2.24. The summed E-state index contributed by atoms with van der Waals surface area (Å²) in [6, 6.07) is 9.92. The highest BCUT2D eigenvalue weighted by atomic mass is 35.5. The van der Waals surface area contributed by atoms with E-state index in [9.17, 15) is 9.59 Å². The standard InChI is InChI=1S/C23H20Cl2N6O4S2/c1-34-15-7-13(8-16(10-15)35-2)21(33)27-11-19-29-30-23(31(19)14-3-4-17(24)18(25)9-14)37-12-20(32)28-22-26-5-6-36-22/h3-10H,11-12H2,1-2H3,(H,27,33)(H,26,28,32). The average Bonchev–Trinajstić information content (AvgIpc) is 3.57. The number of nitrogens with zero attached hydrogens (tertiary/aromatic N) is 4. The number of aromatic nitrogens is 4. The molecule has 192 valence electrons. The van der Waals surface area contributed by atoms with E-state index in [4.69, 9.17) is 32.7 Å². The van der Waals surface area contributed by atoms with E-state index in [2.05, 4.69) is 25.8 Å². The van der Waals surface area contributed by atoms with Crippen LogP contribution in [-0.4, -0.2) is 51.5 Å². The van der Waals surface area contributed by atoms with Crippen LogP contribution in [0, 0.1) is 0 Å². The van der Waals surface area contributed by atoms with Crippen molar-refractivity contribution < 1.29 is 19.1 Å². The van der Waals surface area contributed by atoms with Gasteiger partial charge < -0.3 is 20.1 Å². The van der Waals surface area contributed by atoms with Crippen LogP contribution in [0.4, 0.5) is 5.13 Å². The molecule has 2 aromatic carbocycles. The number of rotatable bonds is 10. The molecule has 0 radical (unpaired) electrons. The summed E-state index contributed by atoms with van der Waals surface area (Å²) in [5, 5.41) is 17.5. The lowest BCUT2D eigenvalue weighted by atomic mass is 10.2. The van der Waals surface area contributed by atoms with Gasteiger partial charge in [0.15, 0.2) is 16.1 Å². The van der Waals surface area contributed by atoms with Crippen LogP contribution in [-0.2, 0) is 11.3 Å². The minimum absolute atomic E-state index is 0.0392. The zero-order valence-electron chi connectivity index (χ0n) is 19.5. The number of anilines is 1. The monoisotopic (exact) mass is 578 g/mol. The number of halogens is 2. The van der Waals surface area contributed by atoms with Gasteiger partial charge in [-0.05, 0) is 30.3 Å². The van der Waals surface area contributed by atoms with Gasteiger partial charge in [-0.15, -0.1) is 21.5 Å². The molecular weight excluding hydrogens is 559 g/mol. The number of ether oxygens (including phenoxy) is 2. The average molecular weight is 579 g/mol. The Morgan fingerprint density at radius 3 is 2.46 bits per heavy atom. The number of carbonyl (C=O) groups is 2.